The molecule has 0 fully saturated rings. The smallest absolute Gasteiger partial charge is 0.0471 e. The summed E-state index contributed by atoms with van der Waals surface area (Å²) in [6, 6.07) is 4.51. The maximum Gasteiger partial charge on any atom is 0.0471 e. The number of benzene rings is 1. The molecule has 0 radical (unpaired) electrons. The van der Waals surface area contributed by atoms with Crippen LogP contribution in [0.3, 0.4) is 0 Å². The number of fused-ring (bicyclic) bond motifs is 1. The second kappa shape index (κ2) is 6.58. The fourth-order valence-electron chi connectivity index (χ4n) is 3.59. The number of anilines is 1. The first-order chi connectivity index (χ1) is 9.90. The highest BCUT2D eigenvalue weighted by molar-refractivity contribution is 6.31. The van der Waals surface area contributed by atoms with E-state index in [9.17, 15) is 0 Å². The largest absolute Gasteiger partial charge is 0.366 e. The van der Waals surface area contributed by atoms with Gasteiger partial charge in [-0.1, -0.05) is 38.4 Å². The molecule has 0 aromatic heterocycles. The van der Waals surface area contributed by atoms with Crippen molar-refractivity contribution >= 4 is 17.3 Å². The topological polar surface area (TPSA) is 15.3 Å². The van der Waals surface area contributed by atoms with Crippen LogP contribution in [-0.4, -0.2) is 18.6 Å². The maximum absolute atomic E-state index is 6.54. The Morgan fingerprint density at radius 1 is 1.33 bits per heavy atom. The molecule has 0 unspecified atom stereocenters. The predicted molar refractivity (Wildman–Crippen MR) is 93.6 cm³/mol. The number of hydrogen-bond donors (Lipinski definition) is 1. The Labute approximate surface area is 134 Å². The van der Waals surface area contributed by atoms with Gasteiger partial charge < -0.3 is 10.2 Å². The zero-order chi connectivity index (χ0) is 15.6. The number of rotatable bonds is 5. The van der Waals surface area contributed by atoms with E-state index in [2.05, 4.69) is 57.0 Å². The van der Waals surface area contributed by atoms with E-state index in [4.69, 9.17) is 11.6 Å². The van der Waals surface area contributed by atoms with Crippen LogP contribution >= 0.6 is 11.6 Å². The zero-order valence-electron chi connectivity index (χ0n) is 14.1. The third-order valence-electron chi connectivity index (χ3n) is 4.57. The second-order valence-electron chi connectivity index (χ2n) is 6.85. The average molecular weight is 309 g/mol. The highest BCUT2D eigenvalue weighted by Gasteiger charge is 2.36. The minimum atomic E-state index is 0.203. The summed E-state index contributed by atoms with van der Waals surface area (Å²) in [6.07, 6.45) is 2.36. The third kappa shape index (κ3) is 3.37. The van der Waals surface area contributed by atoms with Gasteiger partial charge in [0.25, 0.3) is 0 Å². The van der Waals surface area contributed by atoms with Crippen LogP contribution in [0.5, 0.6) is 0 Å². The third-order valence-corrected chi connectivity index (χ3v) is 4.92. The van der Waals surface area contributed by atoms with E-state index >= 15 is 0 Å². The summed E-state index contributed by atoms with van der Waals surface area (Å²) in [5, 5.41) is 4.27. The Hall–Kier alpha value is -0.730. The molecule has 1 atom stereocenters. The molecule has 2 rings (SSSR count). The van der Waals surface area contributed by atoms with E-state index in [0.29, 0.717) is 5.92 Å². The van der Waals surface area contributed by atoms with Gasteiger partial charge in [-0.05, 0) is 56.3 Å². The summed E-state index contributed by atoms with van der Waals surface area (Å²) < 4.78 is 0. The van der Waals surface area contributed by atoms with Gasteiger partial charge in [0.15, 0.2) is 0 Å². The molecule has 21 heavy (non-hydrogen) atoms. The summed E-state index contributed by atoms with van der Waals surface area (Å²) >= 11 is 6.54. The zero-order valence-corrected chi connectivity index (χ0v) is 14.8. The summed E-state index contributed by atoms with van der Waals surface area (Å²) in [6.45, 7) is 14.3. The molecule has 0 amide bonds. The molecule has 1 aliphatic rings. The summed E-state index contributed by atoms with van der Waals surface area (Å²) in [4.78, 5) is 2.55. The fraction of sp³-hybridized carbons (Fsp3) is 0.667. The lowest BCUT2D eigenvalue weighted by Gasteiger charge is -2.48. The normalized spacial score (nSPS) is 20.5. The number of halogens is 1. The average Bonchev–Trinajstić information content (AvgIpc) is 2.41. The molecule has 0 spiro atoms. The quantitative estimate of drug-likeness (QED) is 0.827. The maximum atomic E-state index is 6.54. The van der Waals surface area contributed by atoms with Crippen LogP contribution in [0.1, 0.15) is 64.5 Å². The minimum Gasteiger partial charge on any atom is -0.366 e. The summed E-state index contributed by atoms with van der Waals surface area (Å²) in [7, 11) is 0. The van der Waals surface area contributed by atoms with Crippen molar-refractivity contribution in [2.75, 3.05) is 18.0 Å². The van der Waals surface area contributed by atoms with Crippen molar-refractivity contribution in [3.8, 4) is 0 Å². The minimum absolute atomic E-state index is 0.203. The Kier molecular flexibility index (Phi) is 5.21. The van der Waals surface area contributed by atoms with Crippen LogP contribution in [0, 0.1) is 0 Å². The van der Waals surface area contributed by atoms with E-state index in [-0.39, 0.29) is 5.54 Å². The molecule has 0 saturated heterocycles. The van der Waals surface area contributed by atoms with Crippen molar-refractivity contribution in [1.29, 1.82) is 0 Å². The fourth-order valence-corrected chi connectivity index (χ4v) is 3.82. The Morgan fingerprint density at radius 2 is 2.05 bits per heavy atom. The second-order valence-corrected chi connectivity index (χ2v) is 7.26. The van der Waals surface area contributed by atoms with Crippen LogP contribution in [0.2, 0.25) is 5.02 Å². The SMILES string of the molecule is CCCN1c2cc(Cl)c(CNCC)cc2[C@H](C)CC1(C)C. The van der Waals surface area contributed by atoms with E-state index in [1.807, 2.05) is 0 Å². The monoisotopic (exact) mass is 308 g/mol. The van der Waals surface area contributed by atoms with Crippen LogP contribution in [0.15, 0.2) is 12.1 Å². The highest BCUT2D eigenvalue weighted by Crippen LogP contribution is 2.45. The van der Waals surface area contributed by atoms with E-state index < -0.39 is 0 Å². The van der Waals surface area contributed by atoms with E-state index in [1.54, 1.807) is 0 Å². The van der Waals surface area contributed by atoms with Gasteiger partial charge in [0, 0.05) is 29.3 Å². The first kappa shape index (κ1) is 16.6. The van der Waals surface area contributed by atoms with Crippen molar-refractivity contribution < 1.29 is 0 Å². The number of nitrogens with one attached hydrogen (secondary N) is 1. The molecule has 0 bridgehead atoms. The van der Waals surface area contributed by atoms with Crippen LogP contribution in [0.4, 0.5) is 5.69 Å². The molecule has 2 nitrogen and oxygen atoms in total. The van der Waals surface area contributed by atoms with Crippen molar-refractivity contribution in [3.05, 3.63) is 28.3 Å². The van der Waals surface area contributed by atoms with Gasteiger partial charge in [-0.15, -0.1) is 0 Å². The van der Waals surface area contributed by atoms with Gasteiger partial charge in [0.1, 0.15) is 0 Å². The molecule has 1 N–H and O–H groups in total. The standard InChI is InChI=1S/C18H29ClN2/c1-6-8-21-17-10-16(19)14(12-20-7-2)9-15(17)13(3)11-18(21,4)5/h9-10,13,20H,6-8,11-12H2,1-5H3/t13-/m1/s1. The molecule has 3 heteroatoms. The van der Waals surface area contributed by atoms with Gasteiger partial charge in [0.05, 0.1) is 0 Å². The van der Waals surface area contributed by atoms with Gasteiger partial charge in [-0.2, -0.15) is 0 Å². The van der Waals surface area contributed by atoms with Crippen LogP contribution in [0.25, 0.3) is 0 Å². The number of hydrogen-bond acceptors (Lipinski definition) is 2. The molecule has 1 heterocycles. The van der Waals surface area contributed by atoms with Gasteiger partial charge >= 0.3 is 0 Å². The summed E-state index contributed by atoms with van der Waals surface area (Å²) in [5.74, 6) is 0.584. The lowest BCUT2D eigenvalue weighted by Crippen LogP contribution is -2.48. The lowest BCUT2D eigenvalue weighted by atomic mass is 9.79. The molecular formula is C18H29ClN2. The Bertz CT molecular complexity index is 496. The van der Waals surface area contributed by atoms with Crippen molar-refractivity contribution in [2.24, 2.45) is 0 Å². The van der Waals surface area contributed by atoms with E-state index in [1.165, 1.54) is 23.2 Å². The van der Waals surface area contributed by atoms with Crippen LogP contribution in [-0.2, 0) is 6.54 Å². The van der Waals surface area contributed by atoms with Crippen molar-refractivity contribution in [3.63, 3.8) is 0 Å². The van der Waals surface area contributed by atoms with Gasteiger partial charge in [-0.25, -0.2) is 0 Å². The molecular weight excluding hydrogens is 280 g/mol. The Balaban J connectivity index is 2.45. The highest BCUT2D eigenvalue weighted by atomic mass is 35.5. The van der Waals surface area contributed by atoms with E-state index in [0.717, 1.165) is 31.1 Å². The van der Waals surface area contributed by atoms with Crippen LogP contribution < -0.4 is 10.2 Å². The molecule has 1 aliphatic heterocycles. The Morgan fingerprint density at radius 3 is 2.67 bits per heavy atom. The van der Waals surface area contributed by atoms with Gasteiger partial charge in [0.2, 0.25) is 0 Å². The molecule has 1 aromatic carbocycles. The lowest BCUT2D eigenvalue weighted by molar-refractivity contribution is 0.376. The molecule has 0 aliphatic carbocycles. The van der Waals surface area contributed by atoms with Gasteiger partial charge in [-0.3, -0.25) is 0 Å². The summed E-state index contributed by atoms with van der Waals surface area (Å²) in [5.41, 5.74) is 4.22. The predicted octanol–water partition coefficient (Wildman–Crippen LogP) is 4.95. The molecule has 1 aromatic rings. The molecule has 118 valence electrons. The van der Waals surface area contributed by atoms with Crippen molar-refractivity contribution in [1.82, 2.24) is 5.32 Å². The first-order valence-corrected chi connectivity index (χ1v) is 8.59. The van der Waals surface area contributed by atoms with Crippen molar-refractivity contribution in [2.45, 2.75) is 65.5 Å². The number of nitrogens with zero attached hydrogens (tertiary/aromatic N) is 1. The molecule has 0 saturated carbocycles. The first-order valence-electron chi connectivity index (χ1n) is 8.21.